The van der Waals surface area contributed by atoms with Crippen LogP contribution >= 0.6 is 0 Å². The summed E-state index contributed by atoms with van der Waals surface area (Å²) >= 11 is 0. The number of carbonyl (C=O) groups is 4. The maximum absolute atomic E-state index is 12.9. The second kappa shape index (κ2) is 14.3. The smallest absolute Gasteiger partial charge is 0.314 e. The molecule has 6 atom stereocenters. The number of hydrogen-bond donors (Lipinski definition) is 0. The molecule has 6 unspecified atom stereocenters. The molecule has 0 aromatic heterocycles. The molecule has 0 radical (unpaired) electrons. The monoisotopic (exact) mass is 704 g/mol. The van der Waals surface area contributed by atoms with Gasteiger partial charge in [-0.2, -0.15) is 0 Å². The van der Waals surface area contributed by atoms with Crippen LogP contribution < -0.4 is 0 Å². The fraction of sp³-hybridized carbons (Fsp3) is 0.900. The van der Waals surface area contributed by atoms with Crippen molar-refractivity contribution in [1.82, 2.24) is 0 Å². The SMILES string of the molecule is COC(C)OC(=O)C12CC3CC(C1)C(COC(=O)C(C)(C)C)C(C3)C2.COC(C)OC(=O)C12CC3CC(CC(COC(=O)C(C)(C)C)(C3)C1)C2. The first-order valence-electron chi connectivity index (χ1n) is 19.0. The van der Waals surface area contributed by atoms with Crippen LogP contribution in [0.5, 0.6) is 0 Å². The van der Waals surface area contributed by atoms with Gasteiger partial charge >= 0.3 is 23.9 Å². The van der Waals surface area contributed by atoms with Crippen molar-refractivity contribution in [3.63, 3.8) is 0 Å². The van der Waals surface area contributed by atoms with E-state index in [9.17, 15) is 19.2 Å². The van der Waals surface area contributed by atoms with Crippen LogP contribution in [0.25, 0.3) is 0 Å². The molecule has 0 N–H and O–H groups in total. The van der Waals surface area contributed by atoms with E-state index in [4.69, 9.17) is 28.4 Å². The maximum atomic E-state index is 12.9. The summed E-state index contributed by atoms with van der Waals surface area (Å²) in [5.74, 6) is 2.50. The van der Waals surface area contributed by atoms with E-state index >= 15 is 0 Å². The number of esters is 4. The summed E-state index contributed by atoms with van der Waals surface area (Å²) in [6, 6.07) is 0. The number of rotatable bonds is 10. The van der Waals surface area contributed by atoms with Gasteiger partial charge in [-0.25, -0.2) is 0 Å². The van der Waals surface area contributed by atoms with Gasteiger partial charge in [0.1, 0.15) is 0 Å². The van der Waals surface area contributed by atoms with E-state index in [0.29, 0.717) is 48.7 Å². The summed E-state index contributed by atoms with van der Waals surface area (Å²) in [5.41, 5.74) is -1.76. The molecule has 0 saturated heterocycles. The third-order valence-electron chi connectivity index (χ3n) is 12.9. The molecule has 284 valence electrons. The summed E-state index contributed by atoms with van der Waals surface area (Å²) in [6.07, 6.45) is 9.91. The molecule has 10 nitrogen and oxygen atoms in total. The van der Waals surface area contributed by atoms with Crippen molar-refractivity contribution in [2.45, 2.75) is 139 Å². The molecular weight excluding hydrogens is 640 g/mol. The Bertz CT molecular complexity index is 1250. The molecule has 0 amide bonds. The van der Waals surface area contributed by atoms with Gasteiger partial charge in [-0.1, -0.05) is 0 Å². The molecule has 0 aromatic carbocycles. The minimum atomic E-state index is -0.518. The lowest BCUT2D eigenvalue weighted by molar-refractivity contribution is -0.207. The van der Waals surface area contributed by atoms with Crippen molar-refractivity contribution < 1.29 is 47.6 Å². The predicted molar refractivity (Wildman–Crippen MR) is 185 cm³/mol. The van der Waals surface area contributed by atoms with Crippen LogP contribution in [0.3, 0.4) is 0 Å². The number of hydrogen-bond acceptors (Lipinski definition) is 10. The van der Waals surface area contributed by atoms with Crippen molar-refractivity contribution in [3.8, 4) is 0 Å². The molecular formula is C40H64O10. The molecule has 8 aliphatic carbocycles. The minimum Gasteiger partial charge on any atom is -0.465 e. The molecule has 8 rings (SSSR count). The van der Waals surface area contributed by atoms with Gasteiger partial charge in [-0.3, -0.25) is 19.2 Å². The topological polar surface area (TPSA) is 124 Å². The lowest BCUT2D eigenvalue weighted by atomic mass is 9.44. The number of ether oxygens (including phenoxy) is 6. The fourth-order valence-corrected chi connectivity index (χ4v) is 11.0. The third kappa shape index (κ3) is 8.21. The third-order valence-corrected chi connectivity index (χ3v) is 12.9. The Morgan fingerprint density at radius 3 is 1.56 bits per heavy atom. The van der Waals surface area contributed by atoms with Crippen molar-refractivity contribution in [1.29, 1.82) is 0 Å². The van der Waals surface area contributed by atoms with Crippen molar-refractivity contribution >= 4 is 23.9 Å². The second-order valence-electron chi connectivity index (χ2n) is 19.2. The Labute approximate surface area is 299 Å². The highest BCUT2D eigenvalue weighted by Gasteiger charge is 2.62. The molecule has 0 spiro atoms. The Hall–Kier alpha value is -2.20. The molecule has 50 heavy (non-hydrogen) atoms. The van der Waals surface area contributed by atoms with Crippen LogP contribution in [-0.4, -0.2) is 63.9 Å². The van der Waals surface area contributed by atoms with Gasteiger partial charge in [0.15, 0.2) is 12.6 Å². The molecule has 0 heterocycles. The van der Waals surface area contributed by atoms with Crippen molar-refractivity contribution in [2.24, 2.45) is 62.6 Å². The second-order valence-corrected chi connectivity index (χ2v) is 19.2. The lowest BCUT2D eigenvalue weighted by Crippen LogP contribution is -2.57. The van der Waals surface area contributed by atoms with Gasteiger partial charge in [0.25, 0.3) is 0 Å². The maximum Gasteiger partial charge on any atom is 0.314 e. The number of methoxy groups -OCH3 is 2. The van der Waals surface area contributed by atoms with Crippen LogP contribution in [-0.2, 0) is 47.6 Å². The van der Waals surface area contributed by atoms with Gasteiger partial charge in [-0.15, -0.1) is 0 Å². The van der Waals surface area contributed by atoms with Gasteiger partial charge in [-0.05, 0) is 162 Å². The Morgan fingerprint density at radius 2 is 1.08 bits per heavy atom. The first kappa shape index (κ1) is 39.0. The molecule has 0 aromatic rings. The first-order chi connectivity index (χ1) is 23.2. The van der Waals surface area contributed by atoms with Crippen LogP contribution in [0.15, 0.2) is 0 Å². The normalized spacial score (nSPS) is 37.6. The van der Waals surface area contributed by atoms with E-state index in [1.54, 1.807) is 28.1 Å². The summed E-state index contributed by atoms with van der Waals surface area (Å²) in [5, 5.41) is 0. The van der Waals surface area contributed by atoms with E-state index in [1.165, 1.54) is 6.42 Å². The zero-order valence-corrected chi connectivity index (χ0v) is 32.4. The van der Waals surface area contributed by atoms with Crippen molar-refractivity contribution in [2.75, 3.05) is 27.4 Å². The van der Waals surface area contributed by atoms with Gasteiger partial charge in [0, 0.05) is 19.6 Å². The summed E-state index contributed by atoms with van der Waals surface area (Å²) in [4.78, 5) is 50.0. The molecule has 0 aliphatic heterocycles. The first-order valence-corrected chi connectivity index (χ1v) is 19.0. The predicted octanol–water partition coefficient (Wildman–Crippen LogP) is 7.25. The Balaban J connectivity index is 0.000000194. The van der Waals surface area contributed by atoms with Crippen molar-refractivity contribution in [3.05, 3.63) is 0 Å². The van der Waals surface area contributed by atoms with Crippen LogP contribution in [0.4, 0.5) is 0 Å². The Morgan fingerprint density at radius 1 is 0.620 bits per heavy atom. The standard InChI is InChI=1S/2C20H32O5/c1-13(23-5)25-17(22)20-9-14-6-15(10-20)8-19(7-14,11-20)12-24-16(21)18(2,3)4;1-12(23-5)25-18(22)20-8-13-6-14(9-20)16(15(7-13)10-20)11-24-17(21)19(2,3)4/h13-15H,6-12H2,1-5H3;12-16H,6-11H2,1-5H3. The molecule has 10 heteroatoms. The van der Waals surface area contributed by atoms with E-state index in [-0.39, 0.29) is 34.7 Å². The highest BCUT2D eigenvalue weighted by molar-refractivity contribution is 5.79. The molecule has 8 aliphatic rings. The van der Waals surface area contributed by atoms with Gasteiger partial charge < -0.3 is 28.4 Å². The summed E-state index contributed by atoms with van der Waals surface area (Å²) in [6.45, 7) is 15.7. The van der Waals surface area contributed by atoms with E-state index < -0.39 is 28.8 Å². The van der Waals surface area contributed by atoms with Gasteiger partial charge in [0.05, 0.1) is 34.9 Å². The average Bonchev–Trinajstić information content (AvgIpc) is 3.01. The largest absolute Gasteiger partial charge is 0.465 e. The zero-order chi connectivity index (χ0) is 36.9. The van der Waals surface area contributed by atoms with Crippen LogP contribution in [0.1, 0.15) is 126 Å². The number of carbonyl (C=O) groups excluding carboxylic acids is 4. The zero-order valence-electron chi connectivity index (χ0n) is 32.4. The van der Waals surface area contributed by atoms with E-state index in [1.807, 2.05) is 41.5 Å². The molecule has 8 saturated carbocycles. The highest BCUT2D eigenvalue weighted by Crippen LogP contribution is 2.66. The van der Waals surface area contributed by atoms with E-state index in [2.05, 4.69) is 0 Å². The highest BCUT2D eigenvalue weighted by atomic mass is 16.7. The van der Waals surface area contributed by atoms with Gasteiger partial charge in [0.2, 0.25) is 0 Å². The summed E-state index contributed by atoms with van der Waals surface area (Å²) < 4.78 is 32.6. The van der Waals surface area contributed by atoms with Crippen LogP contribution in [0.2, 0.25) is 0 Å². The van der Waals surface area contributed by atoms with Crippen LogP contribution in [0, 0.1) is 62.6 Å². The minimum absolute atomic E-state index is 0.0552. The Kier molecular flexibility index (Phi) is 11.2. The molecule has 8 fully saturated rings. The van der Waals surface area contributed by atoms with E-state index in [0.717, 1.165) is 64.2 Å². The molecule has 8 bridgehead atoms. The quantitative estimate of drug-likeness (QED) is 0.131. The lowest BCUT2D eigenvalue weighted by Gasteiger charge is -2.60. The average molecular weight is 705 g/mol. The fourth-order valence-electron chi connectivity index (χ4n) is 11.0. The summed E-state index contributed by atoms with van der Waals surface area (Å²) in [7, 11) is 3.10.